The van der Waals surface area contributed by atoms with Crippen LogP contribution in [0.1, 0.15) is 47.8 Å². The molecule has 140 valence electrons. The second kappa shape index (κ2) is 8.59. The minimum atomic E-state index is 0.140. The summed E-state index contributed by atoms with van der Waals surface area (Å²) < 4.78 is 2.24. The molecule has 27 heavy (non-hydrogen) atoms. The lowest BCUT2D eigenvalue weighted by atomic mass is 9.95. The molecule has 4 rings (SSSR count). The van der Waals surface area contributed by atoms with Gasteiger partial charge >= 0.3 is 0 Å². The second-order valence-electron chi connectivity index (χ2n) is 6.66. The first-order valence-corrected chi connectivity index (χ1v) is 11.4. The van der Waals surface area contributed by atoms with Crippen molar-refractivity contribution in [2.24, 2.45) is 0 Å². The third-order valence-electron chi connectivity index (χ3n) is 4.84. The predicted molar refractivity (Wildman–Crippen MR) is 112 cm³/mol. The zero-order chi connectivity index (χ0) is 18.6. The van der Waals surface area contributed by atoms with Crippen LogP contribution in [0.15, 0.2) is 46.9 Å². The molecule has 0 amide bonds. The molecule has 0 unspecified atom stereocenters. The van der Waals surface area contributed by atoms with E-state index in [9.17, 15) is 4.79 Å². The van der Waals surface area contributed by atoms with Gasteiger partial charge in [-0.25, -0.2) is 0 Å². The monoisotopic (exact) mass is 417 g/mol. The number of hydrogen-bond acceptors (Lipinski definition) is 5. The van der Waals surface area contributed by atoms with Crippen LogP contribution in [-0.2, 0) is 0 Å². The minimum Gasteiger partial charge on any atom is -0.299 e. The van der Waals surface area contributed by atoms with Gasteiger partial charge < -0.3 is 0 Å². The number of rotatable bonds is 6. The number of ketones is 1. The quantitative estimate of drug-likeness (QED) is 0.357. The predicted octanol–water partition coefficient (Wildman–Crippen LogP) is 6.14. The lowest BCUT2D eigenvalue weighted by molar-refractivity contribution is 0.102. The van der Waals surface area contributed by atoms with Crippen LogP contribution < -0.4 is 0 Å². The summed E-state index contributed by atoms with van der Waals surface area (Å²) in [6.07, 6.45) is 5.99. The molecule has 1 aliphatic carbocycles. The molecular weight excluding hydrogens is 398 g/mol. The summed E-state index contributed by atoms with van der Waals surface area (Å²) in [5, 5.41) is 12.4. The van der Waals surface area contributed by atoms with Crippen LogP contribution in [0.2, 0.25) is 5.02 Å². The van der Waals surface area contributed by atoms with E-state index in [0.717, 1.165) is 34.3 Å². The van der Waals surface area contributed by atoms with Crippen LogP contribution in [-0.4, -0.2) is 26.3 Å². The van der Waals surface area contributed by atoms with Gasteiger partial charge in [0.05, 0.1) is 10.6 Å². The van der Waals surface area contributed by atoms with E-state index in [1.165, 1.54) is 42.4 Å². The Kier molecular flexibility index (Phi) is 5.95. The Balaban J connectivity index is 1.62. The van der Waals surface area contributed by atoms with Crippen LogP contribution in [0.4, 0.5) is 0 Å². The zero-order valence-corrected chi connectivity index (χ0v) is 17.2. The number of carbonyl (C=O) groups is 1. The van der Waals surface area contributed by atoms with Gasteiger partial charge in [0.15, 0.2) is 16.8 Å². The molecule has 2 heterocycles. The molecule has 0 aliphatic heterocycles. The van der Waals surface area contributed by atoms with E-state index >= 15 is 0 Å². The molecule has 0 atom stereocenters. The van der Waals surface area contributed by atoms with Crippen molar-refractivity contribution in [2.45, 2.75) is 43.3 Å². The van der Waals surface area contributed by atoms with E-state index < -0.39 is 0 Å². The Morgan fingerprint density at radius 1 is 1.15 bits per heavy atom. The minimum absolute atomic E-state index is 0.140. The van der Waals surface area contributed by atoms with Gasteiger partial charge in [0.2, 0.25) is 0 Å². The highest BCUT2D eigenvalue weighted by Crippen LogP contribution is 2.36. The second-order valence-corrected chi connectivity index (χ2v) is 8.99. The van der Waals surface area contributed by atoms with Crippen LogP contribution >= 0.6 is 34.7 Å². The highest BCUT2D eigenvalue weighted by molar-refractivity contribution is 7.99. The number of thiophene rings is 1. The maximum Gasteiger partial charge on any atom is 0.192 e. The average molecular weight is 418 g/mol. The summed E-state index contributed by atoms with van der Waals surface area (Å²) in [5.74, 6) is 1.39. The fraction of sp³-hybridized carbons (Fsp3) is 0.350. The zero-order valence-electron chi connectivity index (χ0n) is 14.8. The normalized spacial score (nSPS) is 15.1. The SMILES string of the molecule is O=C(CSc1nnc(-c2ccc(Cl)cc2)n1C1CCCCC1)c1cccs1. The van der Waals surface area contributed by atoms with E-state index in [1.807, 2.05) is 41.8 Å². The highest BCUT2D eigenvalue weighted by Gasteiger charge is 2.24. The topological polar surface area (TPSA) is 47.8 Å². The number of thioether (sulfide) groups is 1. The molecule has 1 aliphatic rings. The molecule has 4 nitrogen and oxygen atoms in total. The van der Waals surface area contributed by atoms with Gasteiger partial charge in [-0.3, -0.25) is 9.36 Å². The molecule has 1 saturated carbocycles. The van der Waals surface area contributed by atoms with Crippen molar-refractivity contribution in [3.8, 4) is 11.4 Å². The lowest BCUT2D eigenvalue weighted by Crippen LogP contribution is -2.15. The first-order valence-electron chi connectivity index (χ1n) is 9.13. The van der Waals surface area contributed by atoms with Crippen molar-refractivity contribution in [1.82, 2.24) is 14.8 Å². The van der Waals surface area contributed by atoms with Gasteiger partial charge in [0.25, 0.3) is 0 Å². The van der Waals surface area contributed by atoms with Crippen LogP contribution in [0.5, 0.6) is 0 Å². The maximum atomic E-state index is 12.4. The number of Topliss-reactive ketones (excluding diaryl/α,β-unsaturated/α-hetero) is 1. The largest absolute Gasteiger partial charge is 0.299 e. The molecule has 0 saturated heterocycles. The smallest absolute Gasteiger partial charge is 0.192 e. The van der Waals surface area contributed by atoms with Crippen molar-refractivity contribution in [3.05, 3.63) is 51.7 Å². The van der Waals surface area contributed by atoms with Crippen LogP contribution in [0.25, 0.3) is 11.4 Å². The fourth-order valence-corrected chi connectivity index (χ4v) is 5.25. The summed E-state index contributed by atoms with van der Waals surface area (Å²) in [4.78, 5) is 13.2. The van der Waals surface area contributed by atoms with Gasteiger partial charge in [-0.2, -0.15) is 0 Å². The number of benzene rings is 1. The van der Waals surface area contributed by atoms with Crippen molar-refractivity contribution in [2.75, 3.05) is 5.75 Å². The summed E-state index contributed by atoms with van der Waals surface area (Å²) in [7, 11) is 0. The standard InChI is InChI=1S/C20H20ClN3OS2/c21-15-10-8-14(9-11-15)19-22-23-20(24(19)16-5-2-1-3-6-16)27-13-17(25)18-7-4-12-26-18/h4,7-12,16H,1-3,5-6,13H2. The third-order valence-corrected chi connectivity index (χ3v) is 6.94. The molecule has 0 spiro atoms. The van der Waals surface area contributed by atoms with Gasteiger partial charge in [-0.15, -0.1) is 21.5 Å². The molecule has 1 fully saturated rings. The fourth-order valence-electron chi connectivity index (χ4n) is 3.48. The summed E-state index contributed by atoms with van der Waals surface area (Å²) in [5.41, 5.74) is 1.01. The average Bonchev–Trinajstić information content (AvgIpc) is 3.37. The van der Waals surface area contributed by atoms with Gasteiger partial charge in [0, 0.05) is 16.6 Å². The number of carbonyl (C=O) groups excluding carboxylic acids is 1. The molecule has 1 aromatic carbocycles. The van der Waals surface area contributed by atoms with E-state index in [4.69, 9.17) is 11.6 Å². The summed E-state index contributed by atoms with van der Waals surface area (Å²) >= 11 is 9.01. The van der Waals surface area contributed by atoms with Crippen molar-refractivity contribution >= 4 is 40.5 Å². The highest BCUT2D eigenvalue weighted by atomic mass is 35.5. The van der Waals surface area contributed by atoms with Crippen molar-refractivity contribution in [1.29, 1.82) is 0 Å². The van der Waals surface area contributed by atoms with Gasteiger partial charge in [0.1, 0.15) is 0 Å². The first-order chi connectivity index (χ1) is 13.2. The molecule has 7 heteroatoms. The molecular formula is C20H20ClN3OS2. The van der Waals surface area contributed by atoms with Gasteiger partial charge in [-0.05, 0) is 48.6 Å². The number of halogens is 1. The Morgan fingerprint density at radius 3 is 2.63 bits per heavy atom. The molecule has 2 aromatic heterocycles. The van der Waals surface area contributed by atoms with E-state index in [-0.39, 0.29) is 5.78 Å². The lowest BCUT2D eigenvalue weighted by Gasteiger charge is -2.25. The van der Waals surface area contributed by atoms with Crippen molar-refractivity contribution in [3.63, 3.8) is 0 Å². The van der Waals surface area contributed by atoms with E-state index in [2.05, 4.69) is 14.8 Å². The molecule has 0 radical (unpaired) electrons. The van der Waals surface area contributed by atoms with Crippen LogP contribution in [0, 0.1) is 0 Å². The Hall–Kier alpha value is -1.63. The Morgan fingerprint density at radius 2 is 1.93 bits per heavy atom. The molecule has 0 bridgehead atoms. The Labute approximate surface area is 172 Å². The molecule has 0 N–H and O–H groups in total. The van der Waals surface area contributed by atoms with Crippen molar-refractivity contribution < 1.29 is 4.79 Å². The molecule has 3 aromatic rings. The summed E-state index contributed by atoms with van der Waals surface area (Å²) in [6, 6.07) is 11.9. The van der Waals surface area contributed by atoms with E-state index in [1.54, 1.807) is 0 Å². The van der Waals surface area contributed by atoms with Crippen LogP contribution in [0.3, 0.4) is 0 Å². The number of hydrogen-bond donors (Lipinski definition) is 0. The third kappa shape index (κ3) is 4.28. The van der Waals surface area contributed by atoms with Gasteiger partial charge in [-0.1, -0.05) is 48.7 Å². The maximum absolute atomic E-state index is 12.4. The Bertz CT molecular complexity index is 900. The number of nitrogens with zero attached hydrogens (tertiary/aromatic N) is 3. The number of aromatic nitrogens is 3. The first kappa shape index (κ1) is 18.7. The van der Waals surface area contributed by atoms with E-state index in [0.29, 0.717) is 16.8 Å². The summed E-state index contributed by atoms with van der Waals surface area (Å²) in [6.45, 7) is 0.